The fourth-order valence-corrected chi connectivity index (χ4v) is 3.12. The first-order chi connectivity index (χ1) is 10.2. The number of aryl methyl sites for hydroxylation is 1. The minimum absolute atomic E-state index is 0.0438. The van der Waals surface area contributed by atoms with Crippen LogP contribution in [0.15, 0.2) is 36.4 Å². The largest absolute Gasteiger partial charge is 0.490 e. The van der Waals surface area contributed by atoms with Gasteiger partial charge in [-0.1, -0.05) is 19.1 Å². The smallest absolute Gasteiger partial charge is 0.162 e. The van der Waals surface area contributed by atoms with E-state index in [2.05, 4.69) is 26.0 Å². The fraction of sp³-hybridized carbons (Fsp3) is 0.412. The van der Waals surface area contributed by atoms with Crippen LogP contribution in [0, 0.1) is 6.92 Å². The first kappa shape index (κ1) is 15.9. The van der Waals surface area contributed by atoms with Gasteiger partial charge in [0, 0.05) is 15.8 Å². The Kier molecular flexibility index (Phi) is 5.65. The van der Waals surface area contributed by atoms with Crippen LogP contribution >= 0.6 is 11.3 Å². The van der Waals surface area contributed by atoms with Gasteiger partial charge in [0.25, 0.3) is 0 Å². The number of hydrogen-bond acceptors (Lipinski definition) is 4. The van der Waals surface area contributed by atoms with Crippen molar-refractivity contribution in [2.75, 3.05) is 6.61 Å². The predicted octanol–water partition coefficient (Wildman–Crippen LogP) is 4.31. The highest BCUT2D eigenvalue weighted by atomic mass is 32.1. The molecule has 3 nitrogen and oxygen atoms in total. The van der Waals surface area contributed by atoms with E-state index in [-0.39, 0.29) is 12.1 Å². The molecule has 0 aliphatic heterocycles. The first-order valence-electron chi connectivity index (χ1n) is 7.36. The van der Waals surface area contributed by atoms with Gasteiger partial charge in [0.2, 0.25) is 0 Å². The van der Waals surface area contributed by atoms with Crippen molar-refractivity contribution in [3.8, 4) is 11.5 Å². The van der Waals surface area contributed by atoms with Crippen LogP contribution in [0.1, 0.15) is 36.1 Å². The van der Waals surface area contributed by atoms with E-state index in [0.717, 1.165) is 22.8 Å². The summed E-state index contributed by atoms with van der Waals surface area (Å²) in [4.78, 5) is 2.42. The zero-order valence-electron chi connectivity index (χ0n) is 12.8. The van der Waals surface area contributed by atoms with Gasteiger partial charge in [-0.25, -0.2) is 0 Å². The van der Waals surface area contributed by atoms with Gasteiger partial charge in [-0.2, -0.15) is 0 Å². The van der Waals surface area contributed by atoms with Crippen LogP contribution < -0.4 is 15.2 Å². The average Bonchev–Trinajstić information content (AvgIpc) is 2.92. The Morgan fingerprint density at radius 1 is 1.10 bits per heavy atom. The summed E-state index contributed by atoms with van der Waals surface area (Å²) in [7, 11) is 0. The molecule has 0 spiro atoms. The highest BCUT2D eigenvalue weighted by Gasteiger charge is 2.23. The number of hydrogen-bond donors (Lipinski definition) is 1. The molecule has 1 aromatic carbocycles. The zero-order valence-corrected chi connectivity index (χ0v) is 13.7. The third-order valence-corrected chi connectivity index (χ3v) is 4.37. The molecule has 4 heteroatoms. The molecule has 2 aromatic rings. The van der Waals surface area contributed by atoms with Crippen LogP contribution in [0.2, 0.25) is 0 Å². The lowest BCUT2D eigenvalue weighted by Gasteiger charge is -2.24. The van der Waals surface area contributed by atoms with Crippen molar-refractivity contribution in [1.29, 1.82) is 0 Å². The Bertz CT molecular complexity index is 567. The Hall–Kier alpha value is -1.52. The lowest BCUT2D eigenvalue weighted by molar-refractivity contribution is 0.165. The minimum Gasteiger partial charge on any atom is -0.490 e. The van der Waals surface area contributed by atoms with Crippen LogP contribution in [-0.2, 0) is 0 Å². The highest BCUT2D eigenvalue weighted by Crippen LogP contribution is 2.35. The lowest BCUT2D eigenvalue weighted by Crippen LogP contribution is -2.31. The molecule has 21 heavy (non-hydrogen) atoms. The Morgan fingerprint density at radius 3 is 2.38 bits per heavy atom. The number of rotatable bonds is 7. The van der Waals surface area contributed by atoms with Crippen LogP contribution in [0.5, 0.6) is 11.5 Å². The van der Waals surface area contributed by atoms with E-state index in [1.165, 1.54) is 4.88 Å². The summed E-state index contributed by atoms with van der Waals surface area (Å²) in [6.07, 6.45) is 0.716. The van der Waals surface area contributed by atoms with Crippen molar-refractivity contribution in [3.63, 3.8) is 0 Å². The van der Waals surface area contributed by atoms with Crippen molar-refractivity contribution < 1.29 is 9.47 Å². The van der Waals surface area contributed by atoms with Crippen molar-refractivity contribution in [2.24, 2.45) is 5.73 Å². The minimum atomic E-state index is -0.143. The van der Waals surface area contributed by atoms with Gasteiger partial charge >= 0.3 is 0 Å². The maximum Gasteiger partial charge on any atom is 0.162 e. The van der Waals surface area contributed by atoms with E-state index < -0.39 is 0 Å². The van der Waals surface area contributed by atoms with Crippen molar-refractivity contribution in [2.45, 2.75) is 39.3 Å². The summed E-state index contributed by atoms with van der Waals surface area (Å²) >= 11 is 1.73. The standard InChI is InChI=1S/C17H23NO2S/c1-4-13(18)17(16-11-10-12(3)21-16)20-15-9-7-6-8-14(15)19-5-2/h6-11,13,17H,4-5,18H2,1-3H3. The molecule has 0 bridgehead atoms. The van der Waals surface area contributed by atoms with E-state index in [4.69, 9.17) is 15.2 Å². The number of ether oxygens (including phenoxy) is 2. The molecule has 1 heterocycles. The van der Waals surface area contributed by atoms with Gasteiger partial charge in [0.05, 0.1) is 6.61 Å². The lowest BCUT2D eigenvalue weighted by atomic mass is 10.1. The normalized spacial score (nSPS) is 13.7. The van der Waals surface area contributed by atoms with Gasteiger partial charge in [-0.15, -0.1) is 11.3 Å². The quantitative estimate of drug-likeness (QED) is 0.829. The van der Waals surface area contributed by atoms with Crippen molar-refractivity contribution in [3.05, 3.63) is 46.2 Å². The molecule has 0 aliphatic carbocycles. The Labute approximate surface area is 130 Å². The molecule has 2 atom stereocenters. The number of nitrogens with two attached hydrogens (primary N) is 1. The molecule has 0 radical (unpaired) electrons. The van der Waals surface area contributed by atoms with E-state index in [9.17, 15) is 0 Å². The molecule has 2 rings (SSSR count). The van der Waals surface area contributed by atoms with Gasteiger partial charge < -0.3 is 15.2 Å². The van der Waals surface area contributed by atoms with Crippen molar-refractivity contribution in [1.82, 2.24) is 0 Å². The fourth-order valence-electron chi connectivity index (χ4n) is 2.14. The van der Waals surface area contributed by atoms with E-state index >= 15 is 0 Å². The van der Waals surface area contributed by atoms with Crippen molar-refractivity contribution >= 4 is 11.3 Å². The molecule has 0 amide bonds. The molecule has 2 N–H and O–H groups in total. The van der Waals surface area contributed by atoms with Crippen LogP contribution in [0.25, 0.3) is 0 Å². The third-order valence-electron chi connectivity index (χ3n) is 3.30. The highest BCUT2D eigenvalue weighted by molar-refractivity contribution is 7.12. The molecular formula is C17H23NO2S. The summed E-state index contributed by atoms with van der Waals surface area (Å²) in [5.74, 6) is 1.51. The molecule has 0 saturated carbocycles. The van der Waals surface area contributed by atoms with Gasteiger partial charge in [0.15, 0.2) is 11.5 Å². The number of benzene rings is 1. The second-order valence-electron chi connectivity index (χ2n) is 4.94. The second kappa shape index (κ2) is 7.48. The van der Waals surface area contributed by atoms with Crippen LogP contribution in [0.3, 0.4) is 0 Å². The third kappa shape index (κ3) is 3.99. The maximum absolute atomic E-state index is 6.27. The molecule has 1 aromatic heterocycles. The molecule has 0 aliphatic rings. The van der Waals surface area contributed by atoms with Crippen LogP contribution in [0.4, 0.5) is 0 Å². The van der Waals surface area contributed by atoms with Crippen LogP contribution in [-0.4, -0.2) is 12.6 Å². The van der Waals surface area contributed by atoms with Gasteiger partial charge in [0.1, 0.15) is 6.10 Å². The summed E-state index contributed by atoms with van der Waals surface area (Å²) in [5.41, 5.74) is 6.27. The number of para-hydroxylation sites is 2. The SMILES string of the molecule is CCOc1ccccc1OC(c1ccc(C)s1)C(N)CC. The second-order valence-corrected chi connectivity index (χ2v) is 6.26. The van der Waals surface area contributed by atoms with Gasteiger partial charge in [-0.05, 0) is 44.5 Å². The summed E-state index contributed by atoms with van der Waals surface area (Å²) < 4.78 is 11.8. The zero-order chi connectivity index (χ0) is 15.2. The number of thiophene rings is 1. The first-order valence-corrected chi connectivity index (χ1v) is 8.17. The van der Waals surface area contributed by atoms with E-state index in [0.29, 0.717) is 6.61 Å². The summed E-state index contributed by atoms with van der Waals surface area (Å²) in [5, 5.41) is 0. The Balaban J connectivity index is 2.27. The van der Waals surface area contributed by atoms with E-state index in [1.54, 1.807) is 11.3 Å². The predicted molar refractivity (Wildman–Crippen MR) is 88.3 cm³/mol. The topological polar surface area (TPSA) is 44.5 Å². The average molecular weight is 305 g/mol. The summed E-state index contributed by atoms with van der Waals surface area (Å²) in [6.45, 7) is 6.75. The monoisotopic (exact) mass is 305 g/mol. The molecular weight excluding hydrogens is 282 g/mol. The van der Waals surface area contributed by atoms with Gasteiger partial charge in [-0.3, -0.25) is 0 Å². The molecule has 0 saturated heterocycles. The maximum atomic E-state index is 6.27. The Morgan fingerprint density at radius 2 is 1.81 bits per heavy atom. The summed E-state index contributed by atoms with van der Waals surface area (Å²) in [6, 6.07) is 11.9. The van der Waals surface area contributed by atoms with E-state index in [1.807, 2.05) is 31.2 Å². The molecule has 2 unspecified atom stereocenters. The molecule has 0 fully saturated rings. The molecule has 114 valence electrons.